The summed E-state index contributed by atoms with van der Waals surface area (Å²) in [5.41, 5.74) is 3.76. The molecule has 146 valence electrons. The molecule has 1 aliphatic heterocycles. The Morgan fingerprint density at radius 2 is 1.86 bits per heavy atom. The van der Waals surface area contributed by atoms with Crippen LogP contribution in [0.2, 0.25) is 0 Å². The molecule has 0 unspecified atom stereocenters. The summed E-state index contributed by atoms with van der Waals surface area (Å²) >= 11 is 0. The lowest BCUT2D eigenvalue weighted by Gasteiger charge is -2.36. The van der Waals surface area contributed by atoms with E-state index >= 15 is 0 Å². The van der Waals surface area contributed by atoms with Crippen LogP contribution in [0.25, 0.3) is 11.0 Å². The highest BCUT2D eigenvalue weighted by atomic mass is 16.1. The molecule has 2 N–H and O–H groups in total. The fourth-order valence-corrected chi connectivity index (χ4v) is 3.71. The number of piperazine rings is 1. The zero-order valence-electron chi connectivity index (χ0n) is 16.1. The van der Waals surface area contributed by atoms with Gasteiger partial charge in [0.25, 0.3) is 5.91 Å². The Kier molecular flexibility index (Phi) is 5.87. The summed E-state index contributed by atoms with van der Waals surface area (Å²) in [5, 5.41) is 3.02. The molecule has 4 rings (SSSR count). The van der Waals surface area contributed by atoms with Crippen LogP contribution in [0.3, 0.4) is 0 Å². The monoisotopic (exact) mass is 377 g/mol. The summed E-state index contributed by atoms with van der Waals surface area (Å²) in [7, 11) is 0. The molecule has 1 fully saturated rings. The summed E-state index contributed by atoms with van der Waals surface area (Å²) in [4.78, 5) is 24.5. The van der Waals surface area contributed by atoms with Crippen LogP contribution in [0.15, 0.2) is 54.9 Å². The molecule has 28 heavy (non-hydrogen) atoms. The van der Waals surface area contributed by atoms with Crippen molar-refractivity contribution < 1.29 is 4.79 Å². The minimum absolute atomic E-state index is 0.0204. The number of hydrogen-bond donors (Lipinski definition) is 2. The number of H-pyrrole nitrogens is 1. The summed E-state index contributed by atoms with van der Waals surface area (Å²) in [6.07, 6.45) is 3.74. The van der Waals surface area contributed by atoms with Crippen molar-refractivity contribution in [3.63, 3.8) is 0 Å². The minimum Gasteiger partial charge on any atom is -0.369 e. The van der Waals surface area contributed by atoms with Gasteiger partial charge in [0.05, 0.1) is 17.4 Å². The molecule has 1 aliphatic rings. The molecule has 6 heteroatoms. The molecular formula is C22H27N5O. The maximum Gasteiger partial charge on any atom is 0.251 e. The molecule has 2 aromatic carbocycles. The first-order valence-electron chi connectivity index (χ1n) is 10.0. The van der Waals surface area contributed by atoms with Crippen LogP contribution in [-0.2, 0) is 0 Å². The van der Waals surface area contributed by atoms with Gasteiger partial charge in [-0.3, -0.25) is 9.69 Å². The summed E-state index contributed by atoms with van der Waals surface area (Å²) in [6, 6.07) is 16.2. The third-order valence-corrected chi connectivity index (χ3v) is 5.36. The van der Waals surface area contributed by atoms with Crippen molar-refractivity contribution in [2.24, 2.45) is 0 Å². The average molecular weight is 377 g/mol. The molecular weight excluding hydrogens is 350 g/mol. The topological polar surface area (TPSA) is 64.3 Å². The van der Waals surface area contributed by atoms with Crippen molar-refractivity contribution in [3.05, 3.63) is 60.4 Å². The number of carbonyl (C=O) groups is 1. The number of nitrogens with zero attached hydrogens (tertiary/aromatic N) is 3. The fourth-order valence-electron chi connectivity index (χ4n) is 3.71. The van der Waals surface area contributed by atoms with Gasteiger partial charge < -0.3 is 15.2 Å². The fraction of sp³-hybridized carbons (Fsp3) is 0.364. The van der Waals surface area contributed by atoms with Crippen molar-refractivity contribution in [1.29, 1.82) is 0 Å². The lowest BCUT2D eigenvalue weighted by Crippen LogP contribution is -2.46. The smallest absolute Gasteiger partial charge is 0.251 e. The van der Waals surface area contributed by atoms with Gasteiger partial charge >= 0.3 is 0 Å². The first-order valence-corrected chi connectivity index (χ1v) is 10.0. The van der Waals surface area contributed by atoms with E-state index in [0.717, 1.165) is 56.6 Å². The molecule has 1 saturated heterocycles. The predicted molar refractivity (Wildman–Crippen MR) is 113 cm³/mol. The van der Waals surface area contributed by atoms with Gasteiger partial charge in [0.15, 0.2) is 0 Å². The Morgan fingerprint density at radius 3 is 2.68 bits per heavy atom. The van der Waals surface area contributed by atoms with Crippen LogP contribution in [0.4, 0.5) is 5.69 Å². The predicted octanol–water partition coefficient (Wildman–Crippen LogP) is 2.90. The molecule has 0 aliphatic carbocycles. The molecule has 1 aromatic heterocycles. The van der Waals surface area contributed by atoms with E-state index in [1.807, 2.05) is 18.2 Å². The van der Waals surface area contributed by atoms with Crippen molar-refractivity contribution >= 4 is 22.6 Å². The van der Waals surface area contributed by atoms with Gasteiger partial charge in [0, 0.05) is 44.0 Å². The van der Waals surface area contributed by atoms with Crippen LogP contribution < -0.4 is 10.2 Å². The molecule has 2 heterocycles. The Hall–Kier alpha value is -2.86. The van der Waals surface area contributed by atoms with Gasteiger partial charge in [-0.25, -0.2) is 4.98 Å². The first kappa shape index (κ1) is 18.5. The Morgan fingerprint density at radius 1 is 1.04 bits per heavy atom. The summed E-state index contributed by atoms with van der Waals surface area (Å²) in [5.74, 6) is -0.0204. The number of aromatic amines is 1. The van der Waals surface area contributed by atoms with E-state index in [4.69, 9.17) is 0 Å². The van der Waals surface area contributed by atoms with E-state index in [0.29, 0.717) is 12.1 Å². The maximum atomic E-state index is 12.3. The molecule has 0 atom stereocenters. The van der Waals surface area contributed by atoms with E-state index in [1.54, 1.807) is 6.33 Å². The zero-order valence-corrected chi connectivity index (χ0v) is 16.1. The SMILES string of the molecule is O=C(NCCCCN1CCN(c2ccccc2)CC1)c1ccc2nc[nH]c2c1. The number of para-hydroxylation sites is 1. The lowest BCUT2D eigenvalue weighted by molar-refractivity contribution is 0.0952. The second-order valence-electron chi connectivity index (χ2n) is 7.26. The van der Waals surface area contributed by atoms with Crippen molar-refractivity contribution in [2.45, 2.75) is 12.8 Å². The number of benzene rings is 2. The lowest BCUT2D eigenvalue weighted by atomic mass is 10.2. The second kappa shape index (κ2) is 8.89. The van der Waals surface area contributed by atoms with Gasteiger partial charge in [-0.2, -0.15) is 0 Å². The number of anilines is 1. The Bertz CT molecular complexity index is 899. The number of imidazole rings is 1. The highest BCUT2D eigenvalue weighted by Crippen LogP contribution is 2.15. The molecule has 0 bridgehead atoms. The van der Waals surface area contributed by atoms with E-state index in [1.165, 1.54) is 5.69 Å². The highest BCUT2D eigenvalue weighted by Gasteiger charge is 2.16. The van der Waals surface area contributed by atoms with E-state index < -0.39 is 0 Å². The second-order valence-corrected chi connectivity index (χ2v) is 7.26. The number of nitrogens with one attached hydrogen (secondary N) is 2. The van der Waals surface area contributed by atoms with Gasteiger partial charge in [-0.15, -0.1) is 0 Å². The molecule has 0 radical (unpaired) electrons. The molecule has 3 aromatic rings. The Labute approximate surface area is 165 Å². The summed E-state index contributed by atoms with van der Waals surface area (Å²) < 4.78 is 0. The molecule has 0 spiro atoms. The third-order valence-electron chi connectivity index (χ3n) is 5.36. The van der Waals surface area contributed by atoms with Gasteiger partial charge in [0.2, 0.25) is 0 Å². The first-order chi connectivity index (χ1) is 13.8. The van der Waals surface area contributed by atoms with Crippen LogP contribution in [0, 0.1) is 0 Å². The number of carbonyl (C=O) groups excluding carboxylic acids is 1. The van der Waals surface area contributed by atoms with Crippen LogP contribution >= 0.6 is 0 Å². The van der Waals surface area contributed by atoms with E-state index in [-0.39, 0.29) is 5.91 Å². The van der Waals surface area contributed by atoms with Crippen LogP contribution in [0.5, 0.6) is 0 Å². The minimum atomic E-state index is -0.0204. The molecule has 6 nitrogen and oxygen atoms in total. The Balaban J connectivity index is 1.13. The summed E-state index contributed by atoms with van der Waals surface area (Å²) in [6.45, 7) is 6.17. The number of amides is 1. The van der Waals surface area contributed by atoms with Crippen molar-refractivity contribution in [1.82, 2.24) is 20.2 Å². The van der Waals surface area contributed by atoms with Gasteiger partial charge in [-0.05, 0) is 49.7 Å². The number of aromatic nitrogens is 2. The number of hydrogen-bond acceptors (Lipinski definition) is 4. The quantitative estimate of drug-likeness (QED) is 0.622. The standard InChI is InChI=1S/C22H27N5O/c28-22(18-8-9-20-21(16-18)25-17-24-20)23-10-4-5-11-26-12-14-27(15-13-26)19-6-2-1-3-7-19/h1-3,6-9,16-17H,4-5,10-15H2,(H,23,28)(H,24,25). The van der Waals surface area contributed by atoms with Gasteiger partial charge in [0.1, 0.15) is 0 Å². The number of fused-ring (bicyclic) bond motifs is 1. The average Bonchev–Trinajstić information content (AvgIpc) is 3.22. The number of unbranched alkanes of at least 4 members (excludes halogenated alkanes) is 1. The van der Waals surface area contributed by atoms with Gasteiger partial charge in [-0.1, -0.05) is 18.2 Å². The zero-order chi connectivity index (χ0) is 19.2. The van der Waals surface area contributed by atoms with Crippen LogP contribution in [-0.4, -0.2) is 60.0 Å². The third kappa shape index (κ3) is 4.51. The highest BCUT2D eigenvalue weighted by molar-refractivity contribution is 5.97. The number of rotatable bonds is 7. The van der Waals surface area contributed by atoms with Crippen LogP contribution in [0.1, 0.15) is 23.2 Å². The van der Waals surface area contributed by atoms with E-state index in [2.05, 4.69) is 55.4 Å². The molecule has 1 amide bonds. The van der Waals surface area contributed by atoms with Crippen molar-refractivity contribution in [3.8, 4) is 0 Å². The maximum absolute atomic E-state index is 12.3. The van der Waals surface area contributed by atoms with E-state index in [9.17, 15) is 4.79 Å². The van der Waals surface area contributed by atoms with Crippen molar-refractivity contribution in [2.75, 3.05) is 44.2 Å². The largest absolute Gasteiger partial charge is 0.369 e. The normalized spacial score (nSPS) is 15.1. The molecule has 0 saturated carbocycles.